The summed E-state index contributed by atoms with van der Waals surface area (Å²) in [6.07, 6.45) is 5.62. The number of morpholine rings is 1. The third-order valence-corrected chi connectivity index (χ3v) is 24.3. The fourth-order valence-electron chi connectivity index (χ4n) is 16.0. The second-order valence-corrected chi connectivity index (χ2v) is 36.9. The van der Waals surface area contributed by atoms with E-state index in [1.54, 1.807) is 103 Å². The molecule has 8 aliphatic heterocycles. The number of amides is 3. The number of guanidine groups is 2. The number of nitrogens with one attached hydrogen (secondary N) is 7. The van der Waals surface area contributed by atoms with Crippen molar-refractivity contribution in [3.05, 3.63) is 171 Å². The highest BCUT2D eigenvalue weighted by Gasteiger charge is 2.40. The molecule has 3 aromatic heterocycles. The molecule has 36 nitrogen and oxygen atoms in total. The number of fused-ring (bicyclic) bond motifs is 3. The van der Waals surface area contributed by atoms with Gasteiger partial charge in [0.1, 0.15) is 46.6 Å². The average molecular weight is 1810 g/mol. The summed E-state index contributed by atoms with van der Waals surface area (Å²) in [5, 5.41) is 23.5. The number of methoxy groups -OCH3 is 2. The predicted octanol–water partition coefficient (Wildman–Crippen LogP) is 10.6. The molecule has 0 radical (unpaired) electrons. The molecule has 4 fully saturated rings. The lowest BCUT2D eigenvalue weighted by Crippen LogP contribution is -2.50. The molecule has 41 heteroatoms. The van der Waals surface area contributed by atoms with E-state index in [9.17, 15) is 18.0 Å². The number of aliphatic imine (C=N–C) groups is 6. The van der Waals surface area contributed by atoms with Crippen LogP contribution in [0.3, 0.4) is 0 Å². The van der Waals surface area contributed by atoms with Gasteiger partial charge >= 0.3 is 6.18 Å². The highest BCUT2D eigenvalue weighted by Crippen LogP contribution is 2.44. The van der Waals surface area contributed by atoms with Crippen molar-refractivity contribution in [2.75, 3.05) is 204 Å². The number of benzene rings is 5. The number of ether oxygens (including phenoxy) is 3. The summed E-state index contributed by atoms with van der Waals surface area (Å²) in [6.45, 7) is 25.4. The van der Waals surface area contributed by atoms with Crippen molar-refractivity contribution in [2.24, 2.45) is 30.0 Å². The number of hydrogen-bond acceptors (Lipinski definition) is 32. The summed E-state index contributed by atoms with van der Waals surface area (Å²) >= 11 is 0. The van der Waals surface area contributed by atoms with Crippen LogP contribution in [0.25, 0.3) is 11.0 Å². The molecule has 5 aromatic carbocycles. The molecule has 684 valence electrons. The van der Waals surface area contributed by atoms with Crippen molar-refractivity contribution < 1.29 is 59.1 Å². The van der Waals surface area contributed by atoms with Gasteiger partial charge in [0.15, 0.2) is 34.8 Å². The van der Waals surface area contributed by atoms with Crippen molar-refractivity contribution in [3.8, 4) is 5.75 Å². The minimum absolute atomic E-state index is 0.0571. The first-order valence-corrected chi connectivity index (χ1v) is 44.7. The molecule has 8 aromatic rings. The molecule has 0 aliphatic carbocycles. The zero-order chi connectivity index (χ0) is 91.8. The van der Waals surface area contributed by atoms with Crippen LogP contribution in [0.4, 0.5) is 80.6 Å². The minimum atomic E-state index is -5.14. The van der Waals surface area contributed by atoms with Crippen LogP contribution < -0.4 is 56.1 Å². The van der Waals surface area contributed by atoms with Crippen LogP contribution in [0.15, 0.2) is 149 Å². The van der Waals surface area contributed by atoms with Gasteiger partial charge in [-0.25, -0.2) is 62.7 Å². The van der Waals surface area contributed by atoms with E-state index in [1.807, 2.05) is 96.5 Å². The van der Waals surface area contributed by atoms with Crippen LogP contribution >= 0.6 is 0 Å². The van der Waals surface area contributed by atoms with E-state index in [-0.39, 0.29) is 82.3 Å². The fourth-order valence-corrected chi connectivity index (χ4v) is 16.6. The van der Waals surface area contributed by atoms with Gasteiger partial charge in [-0.05, 0) is 116 Å². The van der Waals surface area contributed by atoms with Crippen LogP contribution in [-0.2, 0) is 43.0 Å². The van der Waals surface area contributed by atoms with Gasteiger partial charge in [-0.2, -0.15) is 13.2 Å². The number of piperazine rings is 3. The van der Waals surface area contributed by atoms with E-state index in [0.717, 1.165) is 37.0 Å². The lowest BCUT2D eigenvalue weighted by molar-refractivity contribution is -0.139. The van der Waals surface area contributed by atoms with E-state index >= 15 is 22.4 Å². The number of aromatic nitrogens is 5. The van der Waals surface area contributed by atoms with E-state index in [0.29, 0.717) is 177 Å². The maximum Gasteiger partial charge on any atom is 0.419 e. The Hall–Kier alpha value is -13.1. The Bertz CT molecular complexity index is 6090. The Kier molecular flexibility index (Phi) is 25.8. The Morgan fingerprint density at radius 2 is 1.22 bits per heavy atom. The molecule has 0 bridgehead atoms. The number of rotatable bonds is 23. The number of anilines is 11. The van der Waals surface area contributed by atoms with Gasteiger partial charge in [0, 0.05) is 181 Å². The third-order valence-electron chi connectivity index (χ3n) is 23.7. The van der Waals surface area contributed by atoms with Crippen molar-refractivity contribution in [1.29, 1.82) is 0 Å². The fraction of sp³-hybridized carbons (Fsp3) is 0.416. The number of hydrogen-bond donors (Lipinski definition) is 7. The smallest absolute Gasteiger partial charge is 0.419 e. The van der Waals surface area contributed by atoms with Gasteiger partial charge in [-0.1, -0.05) is 58.8 Å². The highest BCUT2D eigenvalue weighted by molar-refractivity contribution is 7.92. The number of sulfonamides is 1. The summed E-state index contributed by atoms with van der Waals surface area (Å²) < 4.78 is 112. The number of alkyl halides is 3. The van der Waals surface area contributed by atoms with Crippen LogP contribution in [-0.4, -0.2) is 282 Å². The summed E-state index contributed by atoms with van der Waals surface area (Å²) in [5.41, 5.74) is 3.42. The minimum Gasteiger partial charge on any atom is -0.492 e. The predicted molar refractivity (Wildman–Crippen MR) is 495 cm³/mol. The van der Waals surface area contributed by atoms with Gasteiger partial charge in [0.05, 0.1) is 74.7 Å². The molecule has 130 heavy (non-hydrogen) atoms. The van der Waals surface area contributed by atoms with Crippen LogP contribution in [0.2, 0.25) is 0 Å². The second-order valence-electron chi connectivity index (χ2n) is 35.2. The molecule has 2 unspecified atom stereocenters. The Balaban J connectivity index is 0.782. The quantitative estimate of drug-likeness (QED) is 0.0293. The molecule has 0 saturated carbocycles. The molecular formula is C89H105F4N27O9S. The molecule has 8 aliphatic rings. The summed E-state index contributed by atoms with van der Waals surface area (Å²) in [6, 6.07) is 18.8. The van der Waals surface area contributed by atoms with Crippen molar-refractivity contribution in [1.82, 2.24) is 54.5 Å². The largest absolute Gasteiger partial charge is 0.492 e. The van der Waals surface area contributed by atoms with Gasteiger partial charge in [-0.15, -0.1) is 0 Å². The molecule has 16 rings (SSSR count). The normalized spacial score (nSPS) is 18.4. The number of carbonyl (C=O) groups excluding carboxylic acids is 3. The molecule has 4 saturated heterocycles. The molecule has 0 spiro atoms. The lowest BCUT2D eigenvalue weighted by atomic mass is 9.86. The van der Waals surface area contributed by atoms with Crippen LogP contribution in [0.1, 0.15) is 106 Å². The standard InChI is InChI=1S/C89H105F4N27O9S/c1-52-14-15-54(81(121)105-64-40-58(87(3,4)5)41-65(77(64)127-12)111-130(13,124)125)36-61(52)102-79-75-69(46-95-85(108-75)117-28-22-114(23-29-117)30-33-126-11)119(50-99-79)48-56-17-16-55(82(122)106-72-44-71(129-110-72)88(6,7)8)37-63(56)104-80-76-70(47-96-86(109-76)116-26-20-113(10)21-27-116)120(51-100-80)67-39-57(83(123)101-59-42-60(89(91,92)93)73(90)68(43-59)115-24-18-112(9)19-25-115)38-62(53(67)2)103-78-74-66(97-49-98-78)45-94-84(107-74)118-31-34-128-35-32-118/h14-17,36-47,49-51,69-70,102,104,111H,18-35,48H2,1-13H3,(H,101,123)(H,105,121)(H,97,98,103)(H,106,110,122). The maximum absolute atomic E-state index is 16.3. The van der Waals surface area contributed by atoms with E-state index < -0.39 is 68.2 Å². The molecule has 11 heterocycles. The van der Waals surface area contributed by atoms with Crippen molar-refractivity contribution in [3.63, 3.8) is 0 Å². The van der Waals surface area contributed by atoms with Gasteiger partial charge in [-0.3, -0.25) is 24.0 Å². The average Bonchev–Trinajstić information content (AvgIpc) is 0.902. The van der Waals surface area contributed by atoms with Crippen molar-refractivity contribution in [2.45, 2.75) is 91.0 Å². The van der Waals surface area contributed by atoms with Gasteiger partial charge < -0.3 is 89.8 Å². The molecule has 7 N–H and O–H groups in total. The topological polar surface area (TPSA) is 378 Å². The SMILES string of the molecule is COCCN1CCN(C2=NC3=C(Nc4cc(C(=O)Nc5cc(C(C)(C)C)cc(NS(C)(=O)=O)c5OC)ccc4C)N=CN(Cc4ccc(C(=O)Nc5cc(C(C)(C)C)on5)cc4NC4=C5N=C(N6CCN(C)CC6)N=CC5N(c5cc(C(=O)Nc6cc(N7CCN(C)CC7)c(F)c(C(F)(F)F)c6)cc(Nc6ncnc7cnc(N8CCOCC8)nc67)c5C)C=N4)C3C=N2)CC1. The van der Waals surface area contributed by atoms with Gasteiger partial charge in [0.25, 0.3) is 17.7 Å². The molecule has 2 atom stereocenters. The maximum atomic E-state index is 16.3. The van der Waals surface area contributed by atoms with E-state index in [4.69, 9.17) is 53.7 Å². The number of carbonyl (C=O) groups is 3. The first-order valence-electron chi connectivity index (χ1n) is 42.8. The zero-order valence-corrected chi connectivity index (χ0v) is 75.4. The number of halogens is 4. The number of likely N-dealkylation sites (N-methyl/N-ethyl adjacent to an activating group) is 2. The monoisotopic (exact) mass is 1800 g/mol. The molecule has 3 amide bonds. The number of aryl methyl sites for hydroxylation is 1. The lowest BCUT2D eigenvalue weighted by Gasteiger charge is -2.38. The highest BCUT2D eigenvalue weighted by atomic mass is 32.2. The van der Waals surface area contributed by atoms with Gasteiger partial charge in [0.2, 0.25) is 27.9 Å². The summed E-state index contributed by atoms with van der Waals surface area (Å²) in [7, 11) is 3.20. The number of nitrogens with zero attached hydrogens (tertiary/aromatic N) is 20. The van der Waals surface area contributed by atoms with E-state index in [1.165, 1.54) is 19.5 Å². The molecular weight excluding hydrogens is 1700 g/mol. The first-order chi connectivity index (χ1) is 62.1. The van der Waals surface area contributed by atoms with E-state index in [2.05, 4.69) is 76.3 Å². The Labute approximate surface area is 749 Å². The van der Waals surface area contributed by atoms with Crippen LogP contribution in [0.5, 0.6) is 5.75 Å². The van der Waals surface area contributed by atoms with Crippen LogP contribution in [0, 0.1) is 19.7 Å². The summed E-state index contributed by atoms with van der Waals surface area (Å²) in [5.74, 6) is -0.474. The second kappa shape index (κ2) is 37.2. The summed E-state index contributed by atoms with van der Waals surface area (Å²) in [4.78, 5) is 113. The third kappa shape index (κ3) is 20.2. The first kappa shape index (κ1) is 90.3. The zero-order valence-electron chi connectivity index (χ0n) is 74.6. The van der Waals surface area contributed by atoms with Crippen molar-refractivity contribution >= 4 is 139 Å². The Morgan fingerprint density at radius 3 is 1.87 bits per heavy atom. The Morgan fingerprint density at radius 1 is 0.600 bits per heavy atom.